The van der Waals surface area contributed by atoms with Crippen LogP contribution in [0.4, 0.5) is 0 Å². The lowest BCUT2D eigenvalue weighted by Crippen LogP contribution is -2.06. The van der Waals surface area contributed by atoms with Gasteiger partial charge in [-0.2, -0.15) is 0 Å². The molecular weight excluding hydrogens is 218 g/mol. The van der Waals surface area contributed by atoms with Crippen molar-refractivity contribution in [1.82, 2.24) is 0 Å². The van der Waals surface area contributed by atoms with E-state index in [0.29, 0.717) is 12.0 Å². The van der Waals surface area contributed by atoms with E-state index in [1.807, 2.05) is 6.07 Å². The highest BCUT2D eigenvalue weighted by Crippen LogP contribution is 2.57. The van der Waals surface area contributed by atoms with Crippen LogP contribution in [-0.2, 0) is 0 Å². The Bertz CT molecular complexity index is 540. The molecule has 0 radical (unpaired) electrons. The van der Waals surface area contributed by atoms with Gasteiger partial charge in [0.2, 0.25) is 0 Å². The minimum Gasteiger partial charge on any atom is -0.327 e. The normalized spacial score (nSPS) is 24.8. The average molecular weight is 237 g/mol. The van der Waals surface area contributed by atoms with Gasteiger partial charge in [-0.15, -0.1) is 0 Å². The Morgan fingerprint density at radius 3 is 1.83 bits per heavy atom. The molecule has 1 heteroatoms. The summed E-state index contributed by atoms with van der Waals surface area (Å²) in [6.07, 6.45) is 0. The quantitative estimate of drug-likeness (QED) is 0.844. The van der Waals surface area contributed by atoms with Crippen LogP contribution >= 0.6 is 0 Å². The lowest BCUT2D eigenvalue weighted by Gasteiger charge is -2.05. The van der Waals surface area contributed by atoms with E-state index < -0.39 is 0 Å². The molecule has 92 valence electrons. The van der Waals surface area contributed by atoms with E-state index in [-0.39, 0.29) is 5.41 Å². The smallest absolute Gasteiger partial charge is 0.0172 e. The zero-order chi connectivity index (χ0) is 12.8. The minimum atomic E-state index is 0.258. The van der Waals surface area contributed by atoms with E-state index in [1.165, 1.54) is 16.7 Å². The summed E-state index contributed by atoms with van der Waals surface area (Å²) in [5.41, 5.74) is 10.3. The topological polar surface area (TPSA) is 26.0 Å². The van der Waals surface area contributed by atoms with E-state index in [1.54, 1.807) is 0 Å². The summed E-state index contributed by atoms with van der Waals surface area (Å²) in [7, 11) is 0. The van der Waals surface area contributed by atoms with Crippen molar-refractivity contribution in [1.29, 1.82) is 0 Å². The molecule has 0 spiro atoms. The van der Waals surface area contributed by atoms with Crippen LogP contribution in [0.15, 0.2) is 54.6 Å². The zero-order valence-electron chi connectivity index (χ0n) is 10.9. The van der Waals surface area contributed by atoms with Crippen LogP contribution in [0.25, 0.3) is 11.1 Å². The third kappa shape index (κ3) is 1.75. The van der Waals surface area contributed by atoms with Gasteiger partial charge in [0.05, 0.1) is 0 Å². The molecule has 2 aromatic carbocycles. The van der Waals surface area contributed by atoms with Gasteiger partial charge < -0.3 is 5.73 Å². The fourth-order valence-corrected chi connectivity index (χ4v) is 2.83. The first-order valence-electron chi connectivity index (χ1n) is 6.51. The van der Waals surface area contributed by atoms with Gasteiger partial charge in [0.15, 0.2) is 0 Å². The van der Waals surface area contributed by atoms with Gasteiger partial charge in [0.25, 0.3) is 0 Å². The van der Waals surface area contributed by atoms with Crippen molar-refractivity contribution in [2.24, 2.45) is 11.1 Å². The van der Waals surface area contributed by atoms with Gasteiger partial charge in [-0.1, -0.05) is 68.4 Å². The molecule has 0 saturated heterocycles. The predicted octanol–water partition coefficient (Wildman–Crippen LogP) is 3.80. The molecule has 0 amide bonds. The Morgan fingerprint density at radius 1 is 0.833 bits per heavy atom. The molecule has 2 N–H and O–H groups in total. The summed E-state index contributed by atoms with van der Waals surface area (Å²) in [5, 5.41) is 0. The summed E-state index contributed by atoms with van der Waals surface area (Å²) in [6.45, 7) is 4.49. The number of nitrogens with two attached hydrogens (primary N) is 1. The van der Waals surface area contributed by atoms with Gasteiger partial charge in [-0.3, -0.25) is 0 Å². The first-order valence-corrected chi connectivity index (χ1v) is 6.51. The maximum Gasteiger partial charge on any atom is 0.0172 e. The van der Waals surface area contributed by atoms with Gasteiger partial charge in [0, 0.05) is 12.0 Å². The molecule has 18 heavy (non-hydrogen) atoms. The van der Waals surface area contributed by atoms with Crippen molar-refractivity contribution in [2.75, 3.05) is 0 Å². The molecule has 1 aliphatic rings. The molecule has 1 nitrogen and oxygen atoms in total. The zero-order valence-corrected chi connectivity index (χ0v) is 10.9. The lowest BCUT2D eigenvalue weighted by molar-refractivity contribution is 0.599. The maximum absolute atomic E-state index is 6.13. The Balaban J connectivity index is 1.87. The first-order chi connectivity index (χ1) is 8.60. The molecule has 0 heterocycles. The standard InChI is InChI=1S/C17H19N/c1-17(2)15(16(17)18)14-10-8-13(9-11-14)12-6-4-3-5-7-12/h3-11,15-16H,18H2,1-2H3. The van der Waals surface area contributed by atoms with Crippen LogP contribution < -0.4 is 5.73 Å². The van der Waals surface area contributed by atoms with Crippen molar-refractivity contribution < 1.29 is 0 Å². The second-order valence-electron chi connectivity index (χ2n) is 5.81. The van der Waals surface area contributed by atoms with Crippen LogP contribution in [0.3, 0.4) is 0 Å². The highest BCUT2D eigenvalue weighted by Gasteiger charge is 2.55. The third-order valence-corrected chi connectivity index (χ3v) is 4.29. The number of hydrogen-bond acceptors (Lipinski definition) is 1. The largest absolute Gasteiger partial charge is 0.327 e. The second-order valence-corrected chi connectivity index (χ2v) is 5.81. The van der Waals surface area contributed by atoms with E-state index >= 15 is 0 Å². The second kappa shape index (κ2) is 3.96. The van der Waals surface area contributed by atoms with Crippen LogP contribution in [0, 0.1) is 5.41 Å². The number of hydrogen-bond donors (Lipinski definition) is 1. The first kappa shape index (κ1) is 11.5. The van der Waals surface area contributed by atoms with E-state index in [0.717, 1.165) is 0 Å². The Morgan fingerprint density at radius 2 is 1.33 bits per heavy atom. The van der Waals surface area contributed by atoms with E-state index in [2.05, 4.69) is 62.4 Å². The predicted molar refractivity (Wildman–Crippen MR) is 76.4 cm³/mol. The van der Waals surface area contributed by atoms with Crippen molar-refractivity contribution in [3.63, 3.8) is 0 Å². The fourth-order valence-electron chi connectivity index (χ4n) is 2.83. The molecule has 1 fully saturated rings. The third-order valence-electron chi connectivity index (χ3n) is 4.29. The highest BCUT2D eigenvalue weighted by atomic mass is 14.8. The summed E-state index contributed by atoms with van der Waals surface area (Å²) in [5.74, 6) is 0.516. The van der Waals surface area contributed by atoms with E-state index in [9.17, 15) is 0 Å². The SMILES string of the molecule is CC1(C)C(N)C1c1ccc(-c2ccccc2)cc1. The van der Waals surface area contributed by atoms with Gasteiger partial charge in [-0.05, 0) is 22.1 Å². The Kier molecular flexibility index (Phi) is 2.53. The molecule has 2 aromatic rings. The summed E-state index contributed by atoms with van der Waals surface area (Å²) < 4.78 is 0. The molecule has 2 unspecified atom stereocenters. The molecule has 3 rings (SSSR count). The van der Waals surface area contributed by atoms with Crippen LogP contribution in [-0.4, -0.2) is 6.04 Å². The van der Waals surface area contributed by atoms with Crippen molar-refractivity contribution in [3.05, 3.63) is 60.2 Å². The molecule has 1 aliphatic carbocycles. The van der Waals surface area contributed by atoms with Crippen molar-refractivity contribution in [2.45, 2.75) is 25.8 Å². The molecular formula is C17H19N. The summed E-state index contributed by atoms with van der Waals surface area (Å²) in [6, 6.07) is 19.6. The van der Waals surface area contributed by atoms with E-state index in [4.69, 9.17) is 5.73 Å². The Labute approximate surface area is 109 Å². The summed E-state index contributed by atoms with van der Waals surface area (Å²) in [4.78, 5) is 0. The van der Waals surface area contributed by atoms with Crippen molar-refractivity contribution in [3.8, 4) is 11.1 Å². The Hall–Kier alpha value is -1.60. The average Bonchev–Trinajstić information content (AvgIpc) is 2.90. The van der Waals surface area contributed by atoms with Gasteiger partial charge in [0.1, 0.15) is 0 Å². The molecule has 0 bridgehead atoms. The van der Waals surface area contributed by atoms with Crippen LogP contribution in [0.1, 0.15) is 25.3 Å². The minimum absolute atomic E-state index is 0.258. The number of rotatable bonds is 2. The number of benzene rings is 2. The highest BCUT2D eigenvalue weighted by molar-refractivity contribution is 5.63. The fraction of sp³-hybridized carbons (Fsp3) is 0.294. The molecule has 1 saturated carbocycles. The molecule has 0 aliphatic heterocycles. The maximum atomic E-state index is 6.13. The lowest BCUT2D eigenvalue weighted by atomic mass is 9.99. The molecule has 0 aromatic heterocycles. The van der Waals surface area contributed by atoms with Gasteiger partial charge in [-0.25, -0.2) is 0 Å². The van der Waals surface area contributed by atoms with Crippen LogP contribution in [0.5, 0.6) is 0 Å². The molecule has 2 atom stereocenters. The monoisotopic (exact) mass is 237 g/mol. The summed E-state index contributed by atoms with van der Waals surface area (Å²) >= 11 is 0. The van der Waals surface area contributed by atoms with Crippen LogP contribution in [0.2, 0.25) is 0 Å². The van der Waals surface area contributed by atoms with Crippen molar-refractivity contribution >= 4 is 0 Å². The van der Waals surface area contributed by atoms with Gasteiger partial charge >= 0.3 is 0 Å².